The zero-order valence-corrected chi connectivity index (χ0v) is 12.9. The van der Waals surface area contributed by atoms with Crippen LogP contribution < -0.4 is 21.3 Å². The molecule has 1 aliphatic rings. The molecule has 1 fully saturated rings. The lowest BCUT2D eigenvalue weighted by atomic mass is 10.1. The van der Waals surface area contributed by atoms with Crippen molar-refractivity contribution in [3.8, 4) is 0 Å². The van der Waals surface area contributed by atoms with Crippen molar-refractivity contribution in [1.29, 1.82) is 0 Å². The number of nitrogens with one attached hydrogen (secondary N) is 2. The van der Waals surface area contributed by atoms with Crippen LogP contribution in [0.25, 0.3) is 0 Å². The van der Waals surface area contributed by atoms with Crippen molar-refractivity contribution in [2.45, 2.75) is 30.2 Å². The summed E-state index contributed by atoms with van der Waals surface area (Å²) < 4.78 is 28.8. The van der Waals surface area contributed by atoms with E-state index in [0.717, 1.165) is 41.1 Å². The number of aromatic nitrogens is 2. The number of sulfonamides is 1. The van der Waals surface area contributed by atoms with Crippen molar-refractivity contribution >= 4 is 10.0 Å². The fourth-order valence-electron chi connectivity index (χ4n) is 2.35. The summed E-state index contributed by atoms with van der Waals surface area (Å²) >= 11 is 0. The van der Waals surface area contributed by atoms with Gasteiger partial charge >= 0.3 is 5.69 Å². The van der Waals surface area contributed by atoms with Crippen molar-refractivity contribution in [3.05, 3.63) is 27.0 Å². The number of piperidine rings is 1. The highest BCUT2D eigenvalue weighted by molar-refractivity contribution is 7.89. The lowest BCUT2D eigenvalue weighted by Crippen LogP contribution is -2.46. The smallest absolute Gasteiger partial charge is 0.313 e. The largest absolute Gasteiger partial charge is 0.330 e. The van der Waals surface area contributed by atoms with Gasteiger partial charge < -0.3 is 9.88 Å². The highest BCUT2D eigenvalue weighted by Crippen LogP contribution is 2.07. The monoisotopic (exact) mass is 316 g/mol. The molecule has 21 heavy (non-hydrogen) atoms. The third-order valence-electron chi connectivity index (χ3n) is 3.64. The third kappa shape index (κ3) is 3.42. The Hall–Kier alpha value is -1.45. The first-order chi connectivity index (χ1) is 9.83. The molecule has 9 heteroatoms. The van der Waals surface area contributed by atoms with E-state index in [9.17, 15) is 18.0 Å². The van der Waals surface area contributed by atoms with Gasteiger partial charge in [-0.15, -0.1) is 0 Å². The van der Waals surface area contributed by atoms with Gasteiger partial charge in [0.25, 0.3) is 5.56 Å². The van der Waals surface area contributed by atoms with Gasteiger partial charge in [-0.25, -0.2) is 17.9 Å². The lowest BCUT2D eigenvalue weighted by molar-refractivity contribution is 0.398. The van der Waals surface area contributed by atoms with E-state index in [-0.39, 0.29) is 12.6 Å². The van der Waals surface area contributed by atoms with Gasteiger partial charge in [-0.3, -0.25) is 9.36 Å². The van der Waals surface area contributed by atoms with Crippen LogP contribution in [0.2, 0.25) is 0 Å². The van der Waals surface area contributed by atoms with Crippen LogP contribution in [0.1, 0.15) is 19.3 Å². The van der Waals surface area contributed by atoms with Gasteiger partial charge in [-0.1, -0.05) is 6.42 Å². The van der Waals surface area contributed by atoms with E-state index in [1.807, 2.05) is 0 Å². The summed E-state index contributed by atoms with van der Waals surface area (Å²) in [6, 6.07) is 0.0740. The van der Waals surface area contributed by atoms with E-state index < -0.39 is 26.2 Å². The predicted molar refractivity (Wildman–Crippen MR) is 77.8 cm³/mol. The van der Waals surface area contributed by atoms with Crippen molar-refractivity contribution < 1.29 is 8.42 Å². The average molecular weight is 316 g/mol. The van der Waals surface area contributed by atoms with Gasteiger partial charge in [0.2, 0.25) is 10.0 Å². The molecule has 1 aromatic heterocycles. The standard InChI is InChI=1S/C12H20N4O4S/c1-15-8-10(11(17)16(2)12(15)18)21(19,20)14-7-9-5-3-4-6-13-9/h8-9,13-14H,3-7H2,1-2H3. The highest BCUT2D eigenvalue weighted by atomic mass is 32.2. The molecule has 2 rings (SSSR count). The number of hydrogen-bond acceptors (Lipinski definition) is 5. The molecule has 1 aliphatic heterocycles. The summed E-state index contributed by atoms with van der Waals surface area (Å²) in [6.45, 7) is 1.10. The maximum atomic E-state index is 12.2. The molecular weight excluding hydrogens is 296 g/mol. The Morgan fingerprint density at radius 2 is 2.05 bits per heavy atom. The second-order valence-electron chi connectivity index (χ2n) is 5.25. The van der Waals surface area contributed by atoms with Crippen LogP contribution in [0, 0.1) is 0 Å². The highest BCUT2D eigenvalue weighted by Gasteiger charge is 2.23. The van der Waals surface area contributed by atoms with E-state index in [4.69, 9.17) is 0 Å². The molecule has 0 aromatic carbocycles. The van der Waals surface area contributed by atoms with Gasteiger partial charge in [0, 0.05) is 32.9 Å². The minimum atomic E-state index is -3.94. The van der Waals surface area contributed by atoms with E-state index in [1.54, 1.807) is 0 Å². The Balaban J connectivity index is 2.23. The second-order valence-corrected chi connectivity index (χ2v) is 6.99. The molecular formula is C12H20N4O4S. The summed E-state index contributed by atoms with van der Waals surface area (Å²) in [7, 11) is -1.27. The third-order valence-corrected chi connectivity index (χ3v) is 5.04. The van der Waals surface area contributed by atoms with E-state index >= 15 is 0 Å². The van der Waals surface area contributed by atoms with E-state index in [1.165, 1.54) is 14.1 Å². The Labute approximate surface area is 122 Å². The molecule has 1 aromatic rings. The summed E-state index contributed by atoms with van der Waals surface area (Å²) in [5.74, 6) is 0. The van der Waals surface area contributed by atoms with Crippen molar-refractivity contribution in [2.24, 2.45) is 14.1 Å². The molecule has 0 bridgehead atoms. The molecule has 118 valence electrons. The Kier molecular flexibility index (Phi) is 4.64. The Bertz CT molecular complexity index is 729. The van der Waals surface area contributed by atoms with Crippen molar-refractivity contribution in [1.82, 2.24) is 19.2 Å². The zero-order chi connectivity index (χ0) is 15.6. The lowest BCUT2D eigenvalue weighted by Gasteiger charge is -2.23. The average Bonchev–Trinajstić information content (AvgIpc) is 2.48. The minimum absolute atomic E-state index is 0.0740. The molecule has 0 radical (unpaired) electrons. The molecule has 2 heterocycles. The quantitative estimate of drug-likeness (QED) is 0.704. The van der Waals surface area contributed by atoms with Crippen LogP contribution >= 0.6 is 0 Å². The summed E-state index contributed by atoms with van der Waals surface area (Å²) in [6.07, 6.45) is 4.10. The van der Waals surface area contributed by atoms with Gasteiger partial charge in [-0.2, -0.15) is 0 Å². The van der Waals surface area contributed by atoms with Gasteiger partial charge in [0.15, 0.2) is 4.90 Å². The van der Waals surface area contributed by atoms with Crippen molar-refractivity contribution in [2.75, 3.05) is 13.1 Å². The first-order valence-electron chi connectivity index (χ1n) is 6.82. The number of hydrogen-bond donors (Lipinski definition) is 2. The van der Waals surface area contributed by atoms with Crippen LogP contribution in [-0.2, 0) is 24.1 Å². The molecule has 1 atom stereocenters. The molecule has 1 saturated heterocycles. The first kappa shape index (κ1) is 15.9. The predicted octanol–water partition coefficient (Wildman–Crippen LogP) is -1.50. The van der Waals surface area contributed by atoms with Crippen molar-refractivity contribution in [3.63, 3.8) is 0 Å². The number of nitrogens with zero attached hydrogens (tertiary/aromatic N) is 2. The molecule has 0 saturated carbocycles. The van der Waals surface area contributed by atoms with Crippen LogP contribution in [0.5, 0.6) is 0 Å². The number of rotatable bonds is 4. The Morgan fingerprint density at radius 3 is 2.67 bits per heavy atom. The zero-order valence-electron chi connectivity index (χ0n) is 12.1. The van der Waals surface area contributed by atoms with Gasteiger partial charge in [-0.05, 0) is 19.4 Å². The van der Waals surface area contributed by atoms with Crippen LogP contribution in [0.4, 0.5) is 0 Å². The molecule has 0 aliphatic carbocycles. The molecule has 2 N–H and O–H groups in total. The SMILES string of the molecule is Cn1cc(S(=O)(=O)NCC2CCCCN2)c(=O)n(C)c1=O. The molecule has 0 amide bonds. The van der Waals surface area contributed by atoms with Crippen LogP contribution in [0.3, 0.4) is 0 Å². The maximum absolute atomic E-state index is 12.2. The fourth-order valence-corrected chi connectivity index (χ4v) is 3.59. The second kappa shape index (κ2) is 6.12. The van der Waals surface area contributed by atoms with E-state index in [0.29, 0.717) is 0 Å². The van der Waals surface area contributed by atoms with Gasteiger partial charge in [0.1, 0.15) is 0 Å². The van der Waals surface area contributed by atoms with Gasteiger partial charge in [0.05, 0.1) is 0 Å². The Morgan fingerprint density at radius 1 is 1.33 bits per heavy atom. The molecule has 0 spiro atoms. The first-order valence-corrected chi connectivity index (χ1v) is 8.31. The van der Waals surface area contributed by atoms with Crippen LogP contribution in [-0.4, -0.2) is 36.7 Å². The minimum Gasteiger partial charge on any atom is -0.313 e. The number of aryl methyl sites for hydroxylation is 1. The van der Waals surface area contributed by atoms with E-state index in [2.05, 4.69) is 10.0 Å². The molecule has 1 unspecified atom stereocenters. The normalized spacial score (nSPS) is 19.6. The topological polar surface area (TPSA) is 102 Å². The summed E-state index contributed by atoms with van der Waals surface area (Å²) in [5, 5.41) is 3.22. The summed E-state index contributed by atoms with van der Waals surface area (Å²) in [5.41, 5.74) is -1.38. The molecule has 8 nitrogen and oxygen atoms in total. The van der Waals surface area contributed by atoms with Crippen LogP contribution in [0.15, 0.2) is 20.7 Å². The fraction of sp³-hybridized carbons (Fsp3) is 0.667. The maximum Gasteiger partial charge on any atom is 0.330 e. The summed E-state index contributed by atoms with van der Waals surface area (Å²) in [4.78, 5) is 23.1.